The molecule has 6 heteroatoms. The number of carbonyl (C=O) groups excluding carboxylic acids is 1. The second-order valence-electron chi connectivity index (χ2n) is 3.78. The molecular weight excluding hydrogens is 248 g/mol. The highest BCUT2D eigenvalue weighted by Gasteiger charge is 2.18. The van der Waals surface area contributed by atoms with Gasteiger partial charge in [-0.25, -0.2) is 0 Å². The van der Waals surface area contributed by atoms with Crippen LogP contribution >= 0.6 is 0 Å². The van der Waals surface area contributed by atoms with E-state index in [1.165, 1.54) is 31.3 Å². The zero-order valence-corrected chi connectivity index (χ0v) is 10.1. The first-order valence-electron chi connectivity index (χ1n) is 5.45. The number of carbonyl (C=O) groups is 1. The van der Waals surface area contributed by atoms with E-state index in [0.29, 0.717) is 5.75 Å². The van der Waals surface area contributed by atoms with Gasteiger partial charge in [0, 0.05) is 6.20 Å². The fraction of sp³-hybridized carbons (Fsp3) is 0.0769. The highest BCUT2D eigenvalue weighted by molar-refractivity contribution is 5.98. The van der Waals surface area contributed by atoms with Gasteiger partial charge in [-0.1, -0.05) is 0 Å². The maximum absolute atomic E-state index is 11.3. The number of nitro groups is 1. The number of rotatable bonds is 4. The molecule has 0 fully saturated rings. The first-order chi connectivity index (χ1) is 9.08. The van der Waals surface area contributed by atoms with Crippen LogP contribution in [-0.2, 0) is 0 Å². The fourth-order valence-corrected chi connectivity index (χ4v) is 1.57. The zero-order chi connectivity index (χ0) is 13.8. The largest absolute Gasteiger partial charge is 0.455 e. The van der Waals surface area contributed by atoms with E-state index >= 15 is 0 Å². The van der Waals surface area contributed by atoms with Crippen LogP contribution in [-0.4, -0.2) is 15.7 Å². The van der Waals surface area contributed by atoms with Crippen LogP contribution in [0.1, 0.15) is 17.3 Å². The lowest BCUT2D eigenvalue weighted by molar-refractivity contribution is -0.385. The SMILES string of the molecule is CC(=O)c1ccc(Oc2cccnc2)cc1[N+](=O)[O-]. The molecule has 0 aliphatic carbocycles. The molecule has 6 nitrogen and oxygen atoms in total. The Morgan fingerprint density at radius 3 is 2.68 bits per heavy atom. The van der Waals surface area contributed by atoms with Gasteiger partial charge < -0.3 is 4.74 Å². The smallest absolute Gasteiger partial charge is 0.283 e. The van der Waals surface area contributed by atoms with Crippen molar-refractivity contribution in [1.29, 1.82) is 0 Å². The minimum atomic E-state index is -0.604. The number of nitro benzene ring substituents is 1. The molecule has 0 saturated carbocycles. The molecule has 0 bridgehead atoms. The summed E-state index contributed by atoms with van der Waals surface area (Å²) < 4.78 is 5.43. The van der Waals surface area contributed by atoms with Crippen molar-refractivity contribution in [2.45, 2.75) is 6.92 Å². The number of aromatic nitrogens is 1. The molecule has 0 aliphatic rings. The van der Waals surface area contributed by atoms with Crippen molar-refractivity contribution in [3.05, 3.63) is 58.4 Å². The molecular formula is C13H10N2O4. The highest BCUT2D eigenvalue weighted by atomic mass is 16.6. The van der Waals surface area contributed by atoms with Crippen LogP contribution in [0.25, 0.3) is 0 Å². The van der Waals surface area contributed by atoms with Crippen LogP contribution in [0, 0.1) is 10.1 Å². The molecule has 2 aromatic rings. The monoisotopic (exact) mass is 258 g/mol. The topological polar surface area (TPSA) is 82.3 Å². The van der Waals surface area contributed by atoms with Gasteiger partial charge in [-0.15, -0.1) is 0 Å². The number of benzene rings is 1. The molecule has 0 N–H and O–H groups in total. The Bertz CT molecular complexity index is 626. The average molecular weight is 258 g/mol. The number of hydrogen-bond donors (Lipinski definition) is 0. The Balaban J connectivity index is 2.36. The van der Waals surface area contributed by atoms with E-state index in [2.05, 4.69) is 4.98 Å². The van der Waals surface area contributed by atoms with Gasteiger partial charge in [0.15, 0.2) is 5.78 Å². The molecule has 1 heterocycles. The lowest BCUT2D eigenvalue weighted by Gasteiger charge is -2.06. The normalized spacial score (nSPS) is 9.95. The van der Waals surface area contributed by atoms with Gasteiger partial charge in [-0.05, 0) is 31.2 Å². The number of pyridine rings is 1. The third-order valence-electron chi connectivity index (χ3n) is 2.42. The minimum Gasteiger partial charge on any atom is -0.455 e. The average Bonchev–Trinajstić information content (AvgIpc) is 2.39. The van der Waals surface area contributed by atoms with Gasteiger partial charge >= 0.3 is 0 Å². The summed E-state index contributed by atoms with van der Waals surface area (Å²) >= 11 is 0. The van der Waals surface area contributed by atoms with Crippen molar-refractivity contribution in [1.82, 2.24) is 4.98 Å². The first-order valence-corrected chi connectivity index (χ1v) is 5.45. The Labute approximate surface area is 108 Å². The standard InChI is InChI=1S/C13H10N2O4/c1-9(16)12-5-4-10(7-13(12)15(17)18)19-11-3-2-6-14-8-11/h2-8H,1H3. The fourth-order valence-electron chi connectivity index (χ4n) is 1.57. The van der Waals surface area contributed by atoms with Crippen LogP contribution in [0.15, 0.2) is 42.7 Å². The van der Waals surface area contributed by atoms with E-state index in [1.54, 1.807) is 18.3 Å². The van der Waals surface area contributed by atoms with Crippen molar-refractivity contribution in [2.75, 3.05) is 0 Å². The van der Waals surface area contributed by atoms with Crippen LogP contribution in [0.5, 0.6) is 11.5 Å². The number of nitrogens with zero attached hydrogens (tertiary/aromatic N) is 2. The Morgan fingerprint density at radius 2 is 2.11 bits per heavy atom. The summed E-state index contributed by atoms with van der Waals surface area (Å²) in [7, 11) is 0. The van der Waals surface area contributed by atoms with Gasteiger partial charge in [-0.2, -0.15) is 0 Å². The molecule has 0 amide bonds. The summed E-state index contributed by atoms with van der Waals surface area (Å²) in [5.74, 6) is 0.386. The molecule has 0 aliphatic heterocycles. The molecule has 0 spiro atoms. The molecule has 2 rings (SSSR count). The van der Waals surface area contributed by atoms with Gasteiger partial charge in [0.2, 0.25) is 0 Å². The Hall–Kier alpha value is -2.76. The van der Waals surface area contributed by atoms with E-state index < -0.39 is 4.92 Å². The van der Waals surface area contributed by atoms with E-state index in [-0.39, 0.29) is 22.8 Å². The Kier molecular flexibility index (Phi) is 3.51. The quantitative estimate of drug-likeness (QED) is 0.478. The number of Topliss-reactive ketones (excluding diaryl/α,β-unsaturated/α-hetero) is 1. The maximum Gasteiger partial charge on any atom is 0.283 e. The summed E-state index contributed by atoms with van der Waals surface area (Å²) in [4.78, 5) is 25.5. The van der Waals surface area contributed by atoms with Gasteiger partial charge in [0.05, 0.1) is 22.7 Å². The van der Waals surface area contributed by atoms with Crippen LogP contribution in [0.4, 0.5) is 5.69 Å². The third kappa shape index (κ3) is 2.92. The Morgan fingerprint density at radius 1 is 1.32 bits per heavy atom. The van der Waals surface area contributed by atoms with Gasteiger partial charge in [0.25, 0.3) is 5.69 Å². The molecule has 1 aromatic heterocycles. The molecule has 1 aromatic carbocycles. The van der Waals surface area contributed by atoms with Crippen molar-refractivity contribution < 1.29 is 14.5 Å². The van der Waals surface area contributed by atoms with Crippen LogP contribution in [0.2, 0.25) is 0 Å². The van der Waals surface area contributed by atoms with E-state index in [1.807, 2.05) is 0 Å². The molecule has 0 unspecified atom stereocenters. The van der Waals surface area contributed by atoms with Gasteiger partial charge in [0.1, 0.15) is 11.5 Å². The van der Waals surface area contributed by atoms with E-state index in [9.17, 15) is 14.9 Å². The summed E-state index contributed by atoms with van der Waals surface area (Å²) in [6, 6.07) is 7.48. The number of hydrogen-bond acceptors (Lipinski definition) is 5. The van der Waals surface area contributed by atoms with Crippen molar-refractivity contribution >= 4 is 11.5 Å². The lowest BCUT2D eigenvalue weighted by atomic mass is 10.1. The molecule has 19 heavy (non-hydrogen) atoms. The minimum absolute atomic E-state index is 0.0588. The predicted octanol–water partition coefficient (Wildman–Crippen LogP) is 2.98. The molecule has 0 atom stereocenters. The predicted molar refractivity (Wildman–Crippen MR) is 67.4 cm³/mol. The molecule has 0 radical (unpaired) electrons. The molecule has 96 valence electrons. The van der Waals surface area contributed by atoms with Crippen LogP contribution in [0.3, 0.4) is 0 Å². The van der Waals surface area contributed by atoms with Crippen LogP contribution < -0.4 is 4.74 Å². The van der Waals surface area contributed by atoms with Crippen molar-refractivity contribution in [3.8, 4) is 11.5 Å². The summed E-state index contributed by atoms with van der Waals surface area (Å²) in [6.07, 6.45) is 3.08. The second-order valence-corrected chi connectivity index (χ2v) is 3.78. The first kappa shape index (κ1) is 12.7. The van der Waals surface area contributed by atoms with E-state index in [4.69, 9.17) is 4.74 Å². The van der Waals surface area contributed by atoms with Crippen molar-refractivity contribution in [3.63, 3.8) is 0 Å². The van der Waals surface area contributed by atoms with Crippen molar-refractivity contribution in [2.24, 2.45) is 0 Å². The summed E-state index contributed by atoms with van der Waals surface area (Å²) in [5.41, 5.74) is -0.211. The summed E-state index contributed by atoms with van der Waals surface area (Å²) in [6.45, 7) is 1.28. The number of ether oxygens (including phenoxy) is 1. The highest BCUT2D eigenvalue weighted by Crippen LogP contribution is 2.28. The van der Waals surface area contributed by atoms with E-state index in [0.717, 1.165) is 0 Å². The maximum atomic E-state index is 11.3. The second kappa shape index (κ2) is 5.26. The van der Waals surface area contributed by atoms with Gasteiger partial charge in [-0.3, -0.25) is 19.9 Å². The lowest BCUT2D eigenvalue weighted by Crippen LogP contribution is -2.00. The summed E-state index contributed by atoms with van der Waals surface area (Å²) in [5, 5.41) is 10.9. The third-order valence-corrected chi connectivity index (χ3v) is 2.42. The zero-order valence-electron chi connectivity index (χ0n) is 10.1. The number of ketones is 1. The molecule has 0 saturated heterocycles.